The number of rotatable bonds is 3. The summed E-state index contributed by atoms with van der Waals surface area (Å²) in [5, 5.41) is 4.37. The van der Waals surface area contributed by atoms with E-state index in [1.807, 2.05) is 6.07 Å². The maximum absolute atomic E-state index is 14.6. The molecular weight excluding hydrogens is 523 g/mol. The number of nitrogens with zero attached hydrogens (tertiary/aromatic N) is 1. The van der Waals surface area contributed by atoms with Gasteiger partial charge in [-0.05, 0) is 60.0 Å². The minimum atomic E-state index is -1.39. The third-order valence-corrected chi connectivity index (χ3v) is 7.53. The van der Waals surface area contributed by atoms with E-state index in [4.69, 9.17) is 39.5 Å². The molecule has 3 unspecified atom stereocenters. The molecule has 184 valence electrons. The molecule has 0 aromatic heterocycles. The van der Waals surface area contributed by atoms with Gasteiger partial charge in [-0.25, -0.2) is 9.69 Å². The fourth-order valence-corrected chi connectivity index (χ4v) is 5.91. The van der Waals surface area contributed by atoms with Crippen LogP contribution in [0.4, 0.5) is 10.5 Å². The highest BCUT2D eigenvalue weighted by Gasteiger charge is 2.64. The first kappa shape index (κ1) is 24.6. The predicted molar refractivity (Wildman–Crippen MR) is 139 cm³/mol. The molecule has 36 heavy (non-hydrogen) atoms. The smallest absolute Gasteiger partial charge is 0.421 e. The molecule has 0 radical (unpaired) electrons. The van der Waals surface area contributed by atoms with E-state index < -0.39 is 29.4 Å². The van der Waals surface area contributed by atoms with Crippen molar-refractivity contribution in [1.82, 2.24) is 5.32 Å². The van der Waals surface area contributed by atoms with Crippen LogP contribution in [0, 0.1) is 0 Å². The van der Waals surface area contributed by atoms with Crippen LogP contribution in [-0.4, -0.2) is 24.5 Å². The molecule has 1 saturated heterocycles. The zero-order chi connectivity index (χ0) is 25.6. The molecule has 1 fully saturated rings. The lowest BCUT2D eigenvalue weighted by atomic mass is 9.59. The monoisotopic (exact) mass is 542 g/mol. The SMILES string of the molecule is CCOC(=O)N1C(=O)C2(c3ccc(Cl)cc31)C(c1cccc(Cl)c1)CC(=O)NC2c1ccc(Cl)cc1. The molecule has 3 aromatic carbocycles. The minimum absolute atomic E-state index is 0.00883. The van der Waals surface area contributed by atoms with Gasteiger partial charge in [-0.1, -0.05) is 65.1 Å². The van der Waals surface area contributed by atoms with Crippen molar-refractivity contribution in [3.05, 3.63) is 98.5 Å². The molecule has 9 heteroatoms. The number of hydrogen-bond acceptors (Lipinski definition) is 4. The molecule has 0 saturated carbocycles. The molecule has 6 nitrogen and oxygen atoms in total. The average molecular weight is 544 g/mol. The van der Waals surface area contributed by atoms with Crippen LogP contribution in [-0.2, 0) is 19.7 Å². The first-order chi connectivity index (χ1) is 17.3. The van der Waals surface area contributed by atoms with Crippen LogP contribution in [0.5, 0.6) is 0 Å². The Balaban J connectivity index is 1.83. The summed E-state index contributed by atoms with van der Waals surface area (Å²) in [5.41, 5.74) is 0.873. The lowest BCUT2D eigenvalue weighted by Crippen LogP contribution is -2.58. The van der Waals surface area contributed by atoms with Crippen LogP contribution in [0.3, 0.4) is 0 Å². The van der Waals surface area contributed by atoms with Gasteiger partial charge in [-0.15, -0.1) is 0 Å². The van der Waals surface area contributed by atoms with E-state index in [0.717, 1.165) is 4.90 Å². The zero-order valence-corrected chi connectivity index (χ0v) is 21.4. The van der Waals surface area contributed by atoms with Gasteiger partial charge in [0.05, 0.1) is 18.3 Å². The number of carbonyl (C=O) groups is 3. The highest BCUT2D eigenvalue weighted by molar-refractivity contribution is 6.32. The van der Waals surface area contributed by atoms with E-state index >= 15 is 0 Å². The summed E-state index contributed by atoms with van der Waals surface area (Å²) >= 11 is 18.8. The molecule has 3 amide bonds. The van der Waals surface area contributed by atoms with E-state index in [-0.39, 0.29) is 18.9 Å². The number of hydrogen-bond donors (Lipinski definition) is 1. The number of piperidine rings is 1. The molecule has 3 aromatic rings. The lowest BCUT2D eigenvalue weighted by molar-refractivity contribution is -0.132. The summed E-state index contributed by atoms with van der Waals surface area (Å²) in [7, 11) is 0. The molecule has 2 aliphatic heterocycles. The number of carbonyl (C=O) groups excluding carboxylic acids is 3. The van der Waals surface area contributed by atoms with Crippen molar-refractivity contribution in [1.29, 1.82) is 0 Å². The molecule has 2 aliphatic rings. The number of anilines is 1. The Bertz CT molecular complexity index is 1380. The second-order valence-corrected chi connectivity index (χ2v) is 10.0. The van der Waals surface area contributed by atoms with Crippen LogP contribution >= 0.6 is 34.8 Å². The summed E-state index contributed by atoms with van der Waals surface area (Å²) in [6, 6.07) is 18.2. The standard InChI is InChI=1S/C27H21Cl3N2O4/c1-2-36-26(35)32-22-13-19(30)10-11-20(22)27(25(32)34)21(16-4-3-5-18(29)12-16)14-23(33)31-24(27)15-6-8-17(28)9-7-15/h3-13,21,24H,2,14H2,1H3,(H,31,33). The Morgan fingerprint density at radius 1 is 0.972 bits per heavy atom. The van der Waals surface area contributed by atoms with Crippen molar-refractivity contribution < 1.29 is 19.1 Å². The van der Waals surface area contributed by atoms with Gasteiger partial charge in [0.15, 0.2) is 0 Å². The first-order valence-corrected chi connectivity index (χ1v) is 12.5. The third-order valence-electron chi connectivity index (χ3n) is 6.81. The summed E-state index contributed by atoms with van der Waals surface area (Å²) in [6.45, 7) is 1.75. The van der Waals surface area contributed by atoms with Crippen LogP contribution in [0.15, 0.2) is 66.7 Å². The molecule has 1 N–H and O–H groups in total. The van der Waals surface area contributed by atoms with Crippen molar-refractivity contribution in [3.8, 4) is 0 Å². The summed E-state index contributed by atoms with van der Waals surface area (Å²) < 4.78 is 5.26. The molecule has 0 aliphatic carbocycles. The Morgan fingerprint density at radius 3 is 2.36 bits per heavy atom. The summed E-state index contributed by atoms with van der Waals surface area (Å²) in [4.78, 5) is 41.8. The topological polar surface area (TPSA) is 75.7 Å². The van der Waals surface area contributed by atoms with Crippen molar-refractivity contribution in [3.63, 3.8) is 0 Å². The average Bonchev–Trinajstić information content (AvgIpc) is 3.09. The zero-order valence-electron chi connectivity index (χ0n) is 19.1. The van der Waals surface area contributed by atoms with Crippen molar-refractivity contribution in [2.75, 3.05) is 11.5 Å². The molecule has 2 heterocycles. The second kappa shape index (κ2) is 9.43. The summed E-state index contributed by atoms with van der Waals surface area (Å²) in [5.74, 6) is -1.39. The largest absolute Gasteiger partial charge is 0.449 e. The molecule has 5 rings (SSSR count). The number of amides is 3. The van der Waals surface area contributed by atoms with Gasteiger partial charge in [-0.2, -0.15) is 0 Å². The number of halogens is 3. The van der Waals surface area contributed by atoms with Crippen LogP contribution in [0.25, 0.3) is 0 Å². The van der Waals surface area contributed by atoms with Gasteiger partial charge in [0.2, 0.25) is 11.8 Å². The third kappa shape index (κ3) is 3.84. The molecule has 0 bridgehead atoms. The van der Waals surface area contributed by atoms with Crippen molar-refractivity contribution >= 4 is 58.4 Å². The summed E-state index contributed by atoms with van der Waals surface area (Å²) in [6.07, 6.45) is -0.797. The van der Waals surface area contributed by atoms with Crippen LogP contribution < -0.4 is 10.2 Å². The number of imide groups is 1. The maximum Gasteiger partial charge on any atom is 0.421 e. The number of fused-ring (bicyclic) bond motifs is 2. The van der Waals surface area contributed by atoms with Crippen molar-refractivity contribution in [2.24, 2.45) is 0 Å². The van der Waals surface area contributed by atoms with E-state index in [2.05, 4.69) is 5.32 Å². The minimum Gasteiger partial charge on any atom is -0.449 e. The maximum atomic E-state index is 14.6. The first-order valence-electron chi connectivity index (χ1n) is 11.4. The van der Waals surface area contributed by atoms with Gasteiger partial charge in [0.1, 0.15) is 5.41 Å². The van der Waals surface area contributed by atoms with E-state index in [9.17, 15) is 14.4 Å². The fourth-order valence-electron chi connectivity index (χ4n) is 5.42. The van der Waals surface area contributed by atoms with Gasteiger partial charge < -0.3 is 10.1 Å². The van der Waals surface area contributed by atoms with Gasteiger partial charge in [0, 0.05) is 27.4 Å². The Labute approximate surface area is 223 Å². The lowest BCUT2D eigenvalue weighted by Gasteiger charge is -2.46. The second-order valence-electron chi connectivity index (χ2n) is 8.73. The number of ether oxygens (including phenoxy) is 1. The van der Waals surface area contributed by atoms with Crippen LogP contribution in [0.1, 0.15) is 42.0 Å². The normalized spacial score (nSPS) is 22.9. The Kier molecular flexibility index (Phi) is 6.45. The predicted octanol–water partition coefficient (Wildman–Crippen LogP) is 6.43. The quantitative estimate of drug-likeness (QED) is 0.413. The highest BCUT2D eigenvalue weighted by Crippen LogP contribution is 2.59. The van der Waals surface area contributed by atoms with E-state index in [0.29, 0.717) is 37.4 Å². The van der Waals surface area contributed by atoms with E-state index in [1.54, 1.807) is 67.6 Å². The van der Waals surface area contributed by atoms with Crippen molar-refractivity contribution in [2.45, 2.75) is 30.7 Å². The molecule has 1 spiro atoms. The van der Waals surface area contributed by atoms with Gasteiger partial charge in [0.25, 0.3) is 0 Å². The Hall–Kier alpha value is -3.06. The molecule has 3 atom stereocenters. The van der Waals surface area contributed by atoms with Crippen LogP contribution in [0.2, 0.25) is 15.1 Å². The van der Waals surface area contributed by atoms with E-state index in [1.165, 1.54) is 0 Å². The number of benzene rings is 3. The van der Waals surface area contributed by atoms with Gasteiger partial charge in [-0.3, -0.25) is 9.59 Å². The number of nitrogens with one attached hydrogen (secondary N) is 1. The molecular formula is C27H21Cl3N2O4. The Morgan fingerprint density at radius 2 is 1.67 bits per heavy atom. The van der Waals surface area contributed by atoms with Gasteiger partial charge >= 0.3 is 6.09 Å². The fraction of sp³-hybridized carbons (Fsp3) is 0.222. The highest BCUT2D eigenvalue weighted by atomic mass is 35.5.